The first kappa shape index (κ1) is 14.9. The third kappa shape index (κ3) is 6.51. The molecule has 0 unspecified atom stereocenters. The van der Waals surface area contributed by atoms with Crippen LogP contribution in [0, 0.1) is 0 Å². The Bertz CT molecular complexity index is 328. The molecule has 3 nitrogen and oxygen atoms in total. The molecule has 1 N–H and O–H groups in total. The molecule has 0 aromatic heterocycles. The summed E-state index contributed by atoms with van der Waals surface area (Å²) in [6, 6.07) is 6.69. The Morgan fingerprint density at radius 3 is 2.44 bits per heavy atom. The van der Waals surface area contributed by atoms with Gasteiger partial charge in [0.05, 0.1) is 0 Å². The second-order valence-electron chi connectivity index (χ2n) is 4.36. The molecule has 0 aliphatic rings. The summed E-state index contributed by atoms with van der Waals surface area (Å²) in [4.78, 5) is 2.14. The second-order valence-corrected chi connectivity index (χ2v) is 4.36. The van der Waals surface area contributed by atoms with E-state index < -0.39 is 6.61 Å². The van der Waals surface area contributed by atoms with Crippen LogP contribution >= 0.6 is 0 Å². The van der Waals surface area contributed by atoms with Crippen molar-refractivity contribution in [1.29, 1.82) is 0 Å². The Kier molecular flexibility index (Phi) is 6.60. The smallest absolute Gasteiger partial charge is 0.387 e. The number of ether oxygens (including phenoxy) is 1. The second kappa shape index (κ2) is 8.00. The van der Waals surface area contributed by atoms with E-state index in [1.165, 1.54) is 0 Å². The van der Waals surface area contributed by atoms with Gasteiger partial charge in [0.2, 0.25) is 0 Å². The first-order chi connectivity index (χ1) is 8.58. The van der Waals surface area contributed by atoms with Crippen molar-refractivity contribution in [2.45, 2.75) is 19.6 Å². The van der Waals surface area contributed by atoms with E-state index in [-0.39, 0.29) is 5.75 Å². The van der Waals surface area contributed by atoms with E-state index in [0.29, 0.717) is 0 Å². The molecule has 0 aliphatic heterocycles. The van der Waals surface area contributed by atoms with E-state index in [1.54, 1.807) is 24.3 Å². The molecule has 18 heavy (non-hydrogen) atoms. The third-order valence-electron chi connectivity index (χ3n) is 2.44. The van der Waals surface area contributed by atoms with Crippen molar-refractivity contribution in [2.24, 2.45) is 0 Å². The van der Waals surface area contributed by atoms with E-state index in [9.17, 15) is 8.78 Å². The van der Waals surface area contributed by atoms with Gasteiger partial charge in [0.15, 0.2) is 0 Å². The van der Waals surface area contributed by atoms with Crippen molar-refractivity contribution < 1.29 is 13.5 Å². The molecule has 0 amide bonds. The van der Waals surface area contributed by atoms with Crippen LogP contribution < -0.4 is 10.1 Å². The van der Waals surface area contributed by atoms with Crippen LogP contribution in [0.25, 0.3) is 0 Å². The van der Waals surface area contributed by atoms with Crippen LogP contribution in [-0.2, 0) is 6.54 Å². The molecular weight excluding hydrogens is 238 g/mol. The number of benzene rings is 1. The molecule has 0 saturated carbocycles. The highest BCUT2D eigenvalue weighted by atomic mass is 19.3. The van der Waals surface area contributed by atoms with Crippen LogP contribution in [0.2, 0.25) is 0 Å². The third-order valence-corrected chi connectivity index (χ3v) is 2.44. The molecule has 1 aromatic rings. The van der Waals surface area contributed by atoms with E-state index in [2.05, 4.69) is 15.0 Å². The highest BCUT2D eigenvalue weighted by Gasteiger charge is 2.03. The lowest BCUT2D eigenvalue weighted by atomic mass is 10.2. The zero-order valence-corrected chi connectivity index (χ0v) is 10.8. The zero-order chi connectivity index (χ0) is 13.4. The van der Waals surface area contributed by atoms with Crippen LogP contribution in [0.1, 0.15) is 12.0 Å². The summed E-state index contributed by atoms with van der Waals surface area (Å²) in [5, 5.41) is 3.30. The van der Waals surface area contributed by atoms with Crippen molar-refractivity contribution >= 4 is 0 Å². The number of alkyl halides is 2. The molecular formula is C13H20F2N2O. The van der Waals surface area contributed by atoms with Crippen LogP contribution in [-0.4, -0.2) is 38.7 Å². The number of nitrogens with zero attached hydrogens (tertiary/aromatic N) is 1. The predicted molar refractivity (Wildman–Crippen MR) is 68.0 cm³/mol. The van der Waals surface area contributed by atoms with Gasteiger partial charge in [-0.15, -0.1) is 0 Å². The van der Waals surface area contributed by atoms with Crippen LogP contribution in [0.5, 0.6) is 5.75 Å². The van der Waals surface area contributed by atoms with Gasteiger partial charge in [-0.25, -0.2) is 0 Å². The molecule has 0 aliphatic carbocycles. The summed E-state index contributed by atoms with van der Waals surface area (Å²) in [6.45, 7) is -0.0377. The molecule has 1 aromatic carbocycles. The number of hydrogen-bond acceptors (Lipinski definition) is 3. The SMILES string of the molecule is CN(C)CCCNCc1ccc(OC(F)F)cc1. The summed E-state index contributed by atoms with van der Waals surface area (Å²) >= 11 is 0. The summed E-state index contributed by atoms with van der Waals surface area (Å²) in [7, 11) is 4.09. The predicted octanol–water partition coefficient (Wildman–Crippen LogP) is 2.33. The minimum atomic E-state index is -2.76. The van der Waals surface area contributed by atoms with Gasteiger partial charge >= 0.3 is 6.61 Å². The maximum Gasteiger partial charge on any atom is 0.387 e. The van der Waals surface area contributed by atoms with Crippen molar-refractivity contribution in [3.63, 3.8) is 0 Å². The largest absolute Gasteiger partial charge is 0.435 e. The number of hydrogen-bond donors (Lipinski definition) is 1. The van der Waals surface area contributed by atoms with Gasteiger partial charge in [-0.1, -0.05) is 12.1 Å². The van der Waals surface area contributed by atoms with E-state index in [1.807, 2.05) is 14.1 Å². The Morgan fingerprint density at radius 1 is 1.22 bits per heavy atom. The van der Waals surface area contributed by atoms with Crippen LogP contribution in [0.15, 0.2) is 24.3 Å². The molecule has 0 saturated heterocycles. The number of halogens is 2. The van der Waals surface area contributed by atoms with Crippen molar-refractivity contribution in [1.82, 2.24) is 10.2 Å². The fraction of sp³-hybridized carbons (Fsp3) is 0.538. The standard InChI is InChI=1S/C13H20F2N2O/c1-17(2)9-3-8-16-10-11-4-6-12(7-5-11)18-13(14)15/h4-7,13,16H,3,8-10H2,1-2H3. The maximum absolute atomic E-state index is 11.9. The lowest BCUT2D eigenvalue weighted by Crippen LogP contribution is -2.20. The van der Waals surface area contributed by atoms with Gasteiger partial charge in [0.1, 0.15) is 5.75 Å². The van der Waals surface area contributed by atoms with Gasteiger partial charge in [0, 0.05) is 6.54 Å². The number of nitrogens with one attached hydrogen (secondary N) is 1. The zero-order valence-electron chi connectivity index (χ0n) is 10.8. The Balaban J connectivity index is 2.22. The normalized spacial score (nSPS) is 11.2. The summed E-state index contributed by atoms with van der Waals surface area (Å²) in [5.41, 5.74) is 1.06. The van der Waals surface area contributed by atoms with E-state index in [4.69, 9.17) is 0 Å². The van der Waals surface area contributed by atoms with E-state index in [0.717, 1.165) is 31.6 Å². The lowest BCUT2D eigenvalue weighted by Gasteiger charge is -2.10. The minimum absolute atomic E-state index is 0.196. The topological polar surface area (TPSA) is 24.5 Å². The molecule has 0 bridgehead atoms. The highest BCUT2D eigenvalue weighted by molar-refractivity contribution is 5.27. The van der Waals surface area contributed by atoms with Gasteiger partial charge in [-0.05, 0) is 51.3 Å². The first-order valence-electron chi connectivity index (χ1n) is 5.97. The molecule has 5 heteroatoms. The Morgan fingerprint density at radius 2 is 1.89 bits per heavy atom. The summed E-state index contributed by atoms with van der Waals surface area (Å²) < 4.78 is 28.1. The molecule has 0 atom stereocenters. The lowest BCUT2D eigenvalue weighted by molar-refractivity contribution is -0.0498. The summed E-state index contributed by atoms with van der Waals surface area (Å²) in [5.74, 6) is 0.196. The van der Waals surface area contributed by atoms with Crippen molar-refractivity contribution in [2.75, 3.05) is 27.2 Å². The van der Waals surface area contributed by atoms with Gasteiger partial charge in [-0.2, -0.15) is 8.78 Å². The van der Waals surface area contributed by atoms with Gasteiger partial charge in [0.25, 0.3) is 0 Å². The highest BCUT2D eigenvalue weighted by Crippen LogP contribution is 2.14. The fourth-order valence-electron chi connectivity index (χ4n) is 1.54. The molecule has 1 rings (SSSR count). The Hall–Kier alpha value is -1.20. The fourth-order valence-corrected chi connectivity index (χ4v) is 1.54. The first-order valence-corrected chi connectivity index (χ1v) is 5.97. The van der Waals surface area contributed by atoms with Gasteiger partial charge < -0.3 is 15.0 Å². The average molecular weight is 258 g/mol. The number of rotatable bonds is 8. The quantitative estimate of drug-likeness (QED) is 0.724. The van der Waals surface area contributed by atoms with Crippen LogP contribution in [0.3, 0.4) is 0 Å². The molecule has 0 radical (unpaired) electrons. The van der Waals surface area contributed by atoms with Crippen LogP contribution in [0.4, 0.5) is 8.78 Å². The van der Waals surface area contributed by atoms with Crippen molar-refractivity contribution in [3.8, 4) is 5.75 Å². The van der Waals surface area contributed by atoms with E-state index >= 15 is 0 Å². The molecule has 0 spiro atoms. The minimum Gasteiger partial charge on any atom is -0.435 e. The monoisotopic (exact) mass is 258 g/mol. The maximum atomic E-state index is 11.9. The average Bonchev–Trinajstić information content (AvgIpc) is 2.30. The molecule has 0 heterocycles. The van der Waals surface area contributed by atoms with Crippen molar-refractivity contribution in [3.05, 3.63) is 29.8 Å². The van der Waals surface area contributed by atoms with Gasteiger partial charge in [-0.3, -0.25) is 0 Å². The summed E-state index contributed by atoms with van der Waals surface area (Å²) in [6.07, 6.45) is 1.08. The molecule has 102 valence electrons. The molecule has 0 fully saturated rings. The Labute approximate surface area is 107 Å².